The van der Waals surface area contributed by atoms with Gasteiger partial charge in [0.1, 0.15) is 6.10 Å². The highest BCUT2D eigenvalue weighted by atomic mass is 35.5. The molecule has 2 fully saturated rings. The Balaban J connectivity index is 0.000000447. The van der Waals surface area contributed by atoms with Crippen molar-refractivity contribution >= 4 is 29.5 Å². The molecule has 1 amide bonds. The van der Waals surface area contributed by atoms with Gasteiger partial charge in [0, 0.05) is 54.0 Å². The number of terminal acetylenes is 1. The fraction of sp³-hybridized carbons (Fsp3) is 0.270. The van der Waals surface area contributed by atoms with E-state index in [-0.39, 0.29) is 12.0 Å². The van der Waals surface area contributed by atoms with Crippen LogP contribution in [0, 0.1) is 19.8 Å². The van der Waals surface area contributed by atoms with Gasteiger partial charge in [-0.3, -0.25) is 21.4 Å². The lowest BCUT2D eigenvalue weighted by atomic mass is 9.88. The Hall–Kier alpha value is -4.64. The molecule has 1 aromatic heterocycles. The van der Waals surface area contributed by atoms with E-state index in [0.717, 1.165) is 61.3 Å². The number of hydrogen-bond acceptors (Lipinski definition) is 4. The maximum absolute atomic E-state index is 12.5. The zero-order valence-corrected chi connectivity index (χ0v) is 26.4. The molecule has 4 aromatic rings. The summed E-state index contributed by atoms with van der Waals surface area (Å²) in [6, 6.07) is 28.5. The number of nitrogens with two attached hydrogens (primary N) is 2. The fourth-order valence-corrected chi connectivity index (χ4v) is 5.67. The number of ether oxygens (including phenoxy) is 1. The Bertz CT molecular complexity index is 1590. The van der Waals surface area contributed by atoms with Gasteiger partial charge in [-0.15, -0.1) is 17.5 Å². The van der Waals surface area contributed by atoms with Gasteiger partial charge >= 0.3 is 0 Å². The van der Waals surface area contributed by atoms with Gasteiger partial charge in [-0.1, -0.05) is 77.8 Å². The predicted molar refractivity (Wildman–Crippen MR) is 182 cm³/mol. The number of piperidine rings is 1. The van der Waals surface area contributed by atoms with Crippen molar-refractivity contribution in [1.29, 1.82) is 0 Å². The molecule has 6 rings (SSSR count). The van der Waals surface area contributed by atoms with Gasteiger partial charge in [0.15, 0.2) is 5.69 Å². The summed E-state index contributed by atoms with van der Waals surface area (Å²) in [5.41, 5.74) is 13.0. The number of nitrogens with zero attached hydrogens (tertiary/aromatic N) is 3. The third kappa shape index (κ3) is 8.95. The van der Waals surface area contributed by atoms with Crippen molar-refractivity contribution in [1.82, 2.24) is 9.88 Å². The molecule has 2 aliphatic heterocycles. The Morgan fingerprint density at radius 2 is 1.76 bits per heavy atom. The summed E-state index contributed by atoms with van der Waals surface area (Å²) in [4.78, 5) is 19.1. The molecular formula is C37H41ClN5O2+. The van der Waals surface area contributed by atoms with Gasteiger partial charge in [0.25, 0.3) is 12.2 Å². The van der Waals surface area contributed by atoms with Crippen molar-refractivity contribution in [3.63, 3.8) is 0 Å². The van der Waals surface area contributed by atoms with Crippen LogP contribution in [0.5, 0.6) is 0 Å². The summed E-state index contributed by atoms with van der Waals surface area (Å²) in [5, 5.41) is 0.617. The molecule has 1 unspecified atom stereocenters. The number of pyridine rings is 1. The van der Waals surface area contributed by atoms with Crippen molar-refractivity contribution in [2.75, 3.05) is 19.7 Å². The minimum Gasteiger partial charge on any atom is -0.368 e. The summed E-state index contributed by atoms with van der Waals surface area (Å²) in [6.07, 6.45) is 14.5. The average molecular weight is 623 g/mol. The number of amides is 1. The van der Waals surface area contributed by atoms with E-state index >= 15 is 0 Å². The minimum absolute atomic E-state index is 0.160. The molecule has 0 radical (unpaired) electrons. The van der Waals surface area contributed by atoms with E-state index in [1.807, 2.05) is 53.6 Å². The zero-order valence-electron chi connectivity index (χ0n) is 25.7. The molecule has 7 nitrogen and oxygen atoms in total. The van der Waals surface area contributed by atoms with Gasteiger partial charge in [-0.25, -0.2) is 0 Å². The molecule has 1 atom stereocenters. The number of aromatic nitrogens is 1. The van der Waals surface area contributed by atoms with Crippen LogP contribution in [0.1, 0.15) is 47.6 Å². The van der Waals surface area contributed by atoms with E-state index in [9.17, 15) is 4.79 Å². The Kier molecular flexibility index (Phi) is 12.1. The number of aryl methyl sites for hydroxylation is 1. The van der Waals surface area contributed by atoms with Gasteiger partial charge < -0.3 is 9.64 Å². The number of likely N-dealkylation sites (tertiary alicyclic amines) is 1. The lowest BCUT2D eigenvalue weighted by Crippen LogP contribution is -2.48. The Labute approximate surface area is 271 Å². The first-order valence-electron chi connectivity index (χ1n) is 15.1. The van der Waals surface area contributed by atoms with E-state index in [1.165, 1.54) is 27.7 Å². The topological polar surface area (TPSA) is 97.5 Å². The zero-order chi connectivity index (χ0) is 32.2. The van der Waals surface area contributed by atoms with Crippen LogP contribution in [0.3, 0.4) is 0 Å². The Morgan fingerprint density at radius 1 is 1.02 bits per heavy atom. The molecule has 3 heterocycles. The van der Waals surface area contributed by atoms with E-state index in [4.69, 9.17) is 32.9 Å². The standard InChI is InChI=1S/C28H30ClN5O2.C7H8.C2H2/c29-23-5-7-26(34(31)18-30)25(16-23)22-4-6-24(32-17-22)15-19-2-1-3-21(14-19)20-8-11-33(12-9-20)28(35)27-10-13-36-27;1-7-5-3-2-4-6-7;1-2/h1-7,14,16-18,20,27,30H,8-13,15,31H2;2-6H,1H3;1-2H/p+1. The quantitative estimate of drug-likeness (QED) is 0.0663. The van der Waals surface area contributed by atoms with Crippen molar-refractivity contribution < 1.29 is 14.2 Å². The summed E-state index contributed by atoms with van der Waals surface area (Å²) in [5.74, 6) is 6.62. The molecular weight excluding hydrogens is 582 g/mol. The van der Waals surface area contributed by atoms with Crippen LogP contribution in [-0.4, -0.2) is 52.6 Å². The second-order valence-electron chi connectivity index (χ2n) is 11.1. The molecule has 3 aromatic carbocycles. The van der Waals surface area contributed by atoms with Gasteiger partial charge in [-0.2, -0.15) is 0 Å². The number of hydrazine groups is 1. The van der Waals surface area contributed by atoms with Crippen molar-refractivity contribution in [3.8, 4) is 24.0 Å². The second-order valence-corrected chi connectivity index (χ2v) is 11.5. The number of carbonyl (C=O) groups is 1. The molecule has 0 spiro atoms. The van der Waals surface area contributed by atoms with E-state index in [0.29, 0.717) is 17.5 Å². The van der Waals surface area contributed by atoms with Crippen molar-refractivity contribution in [3.05, 3.63) is 119 Å². The van der Waals surface area contributed by atoms with Gasteiger partial charge in [0.05, 0.1) is 6.61 Å². The average Bonchev–Trinajstić information content (AvgIpc) is 3.06. The third-order valence-electron chi connectivity index (χ3n) is 8.06. The molecule has 232 valence electrons. The SMILES string of the molecule is C#C.Cc1ccccc1.N/C=[N+](\N)c1ccc(Cl)cc1-c1ccc(Cc2cccc(C3CCN(C(=O)C4CCO4)CC3)c2)nc1. The van der Waals surface area contributed by atoms with E-state index < -0.39 is 0 Å². The monoisotopic (exact) mass is 622 g/mol. The number of rotatable bonds is 6. The molecule has 4 N–H and O–H groups in total. The lowest BCUT2D eigenvalue weighted by Gasteiger charge is -2.36. The lowest BCUT2D eigenvalue weighted by molar-refractivity contribution is -0.447. The highest BCUT2D eigenvalue weighted by Gasteiger charge is 2.33. The summed E-state index contributed by atoms with van der Waals surface area (Å²) >= 11 is 6.23. The highest BCUT2D eigenvalue weighted by molar-refractivity contribution is 6.31. The number of hydrazone groups is 1. The van der Waals surface area contributed by atoms with Crippen molar-refractivity contribution in [2.24, 2.45) is 11.6 Å². The highest BCUT2D eigenvalue weighted by Crippen LogP contribution is 2.32. The van der Waals surface area contributed by atoms with E-state index in [1.54, 1.807) is 6.07 Å². The Morgan fingerprint density at radius 3 is 2.33 bits per heavy atom. The minimum atomic E-state index is -0.206. The van der Waals surface area contributed by atoms with Crippen LogP contribution in [0.25, 0.3) is 11.1 Å². The van der Waals surface area contributed by atoms with Crippen LogP contribution in [0.2, 0.25) is 5.02 Å². The first-order chi connectivity index (χ1) is 21.9. The largest absolute Gasteiger partial charge is 0.368 e. The van der Waals surface area contributed by atoms with Gasteiger partial charge in [0.2, 0.25) is 0 Å². The first-order valence-corrected chi connectivity index (χ1v) is 15.5. The number of hydrogen-bond donors (Lipinski definition) is 2. The number of carbonyl (C=O) groups excluding carboxylic acids is 1. The molecule has 45 heavy (non-hydrogen) atoms. The second kappa shape index (κ2) is 16.4. The summed E-state index contributed by atoms with van der Waals surface area (Å²) in [6.45, 7) is 4.38. The molecule has 2 aliphatic rings. The molecule has 0 aliphatic carbocycles. The smallest absolute Gasteiger partial charge is 0.258 e. The first kappa shape index (κ1) is 33.3. The maximum atomic E-state index is 12.5. The normalized spacial score (nSPS) is 16.3. The third-order valence-corrected chi connectivity index (χ3v) is 8.30. The van der Waals surface area contributed by atoms with Crippen molar-refractivity contribution in [2.45, 2.75) is 44.6 Å². The molecule has 0 saturated carbocycles. The molecule has 8 heteroatoms. The maximum Gasteiger partial charge on any atom is 0.258 e. The van der Waals surface area contributed by atoms with Crippen LogP contribution in [0.15, 0.2) is 91.1 Å². The number of halogens is 1. The number of benzene rings is 3. The van der Waals surface area contributed by atoms with Crippen LogP contribution in [-0.2, 0) is 16.0 Å². The summed E-state index contributed by atoms with van der Waals surface area (Å²) < 4.78 is 6.74. The van der Waals surface area contributed by atoms with E-state index in [2.05, 4.69) is 56.2 Å². The molecule has 2 saturated heterocycles. The van der Waals surface area contributed by atoms with Crippen LogP contribution >= 0.6 is 11.6 Å². The summed E-state index contributed by atoms with van der Waals surface area (Å²) in [7, 11) is 0. The van der Waals surface area contributed by atoms with Gasteiger partial charge in [-0.05, 0) is 61.1 Å². The predicted octanol–water partition coefficient (Wildman–Crippen LogP) is 6.24. The van der Waals surface area contributed by atoms with Crippen LogP contribution in [0.4, 0.5) is 5.69 Å². The molecule has 0 bridgehead atoms. The van der Waals surface area contributed by atoms with Crippen LogP contribution < -0.4 is 11.6 Å². The fourth-order valence-electron chi connectivity index (χ4n) is 5.50.